The van der Waals surface area contributed by atoms with Crippen molar-refractivity contribution >= 4 is 45.9 Å². The molecule has 3 amide bonds. The van der Waals surface area contributed by atoms with Gasteiger partial charge in [0.15, 0.2) is 0 Å². The number of methoxy groups -OCH3 is 1. The summed E-state index contributed by atoms with van der Waals surface area (Å²) in [5, 5.41) is 11.4. The minimum Gasteiger partial charge on any atom is -0.488 e. The SMILES string of the molecule is COC(=O)CN1C(=O)N/C(=C/c2ccc(OCc3ccc(C(=O)O)cc3)c(Br)c2)C1=O. The van der Waals surface area contributed by atoms with Gasteiger partial charge in [0.25, 0.3) is 5.91 Å². The third-order valence-corrected chi connectivity index (χ3v) is 4.96. The zero-order chi connectivity index (χ0) is 22.5. The number of carbonyl (C=O) groups excluding carboxylic acids is 3. The molecule has 2 aromatic rings. The normalized spacial score (nSPS) is 14.5. The molecule has 0 saturated carbocycles. The number of hydrogen-bond acceptors (Lipinski definition) is 6. The standard InChI is InChI=1S/C21H17BrN2O7/c1-30-18(25)10-24-19(26)16(23-21(24)29)9-13-4-7-17(15(22)8-13)31-11-12-2-5-14(6-3-12)20(27)28/h2-9H,10-11H2,1H3,(H,23,29)(H,27,28)/b16-9+. The third-order valence-electron chi connectivity index (χ3n) is 4.34. The lowest BCUT2D eigenvalue weighted by Gasteiger charge is -2.10. The smallest absolute Gasteiger partial charge is 0.335 e. The summed E-state index contributed by atoms with van der Waals surface area (Å²) in [6.07, 6.45) is 1.48. The van der Waals surface area contributed by atoms with E-state index in [-0.39, 0.29) is 17.9 Å². The van der Waals surface area contributed by atoms with Gasteiger partial charge in [-0.2, -0.15) is 0 Å². The Labute approximate surface area is 185 Å². The molecular formula is C21H17BrN2O7. The van der Waals surface area contributed by atoms with Crippen LogP contribution in [0.15, 0.2) is 52.6 Å². The number of nitrogens with zero attached hydrogens (tertiary/aromatic N) is 1. The largest absolute Gasteiger partial charge is 0.488 e. The Morgan fingerprint density at radius 3 is 2.48 bits per heavy atom. The van der Waals surface area contributed by atoms with Crippen LogP contribution in [0.5, 0.6) is 5.75 Å². The van der Waals surface area contributed by atoms with Crippen molar-refractivity contribution in [3.05, 3.63) is 69.3 Å². The summed E-state index contributed by atoms with van der Waals surface area (Å²) in [7, 11) is 1.17. The van der Waals surface area contributed by atoms with Crippen LogP contribution in [0.1, 0.15) is 21.5 Å². The van der Waals surface area contributed by atoms with Gasteiger partial charge in [-0.05, 0) is 57.4 Å². The van der Waals surface area contributed by atoms with Gasteiger partial charge in [0.1, 0.15) is 24.6 Å². The van der Waals surface area contributed by atoms with Crippen LogP contribution in [-0.4, -0.2) is 47.5 Å². The molecule has 1 fully saturated rings. The van der Waals surface area contributed by atoms with E-state index >= 15 is 0 Å². The first-order valence-corrected chi connectivity index (χ1v) is 9.73. The van der Waals surface area contributed by atoms with Crippen molar-refractivity contribution in [2.24, 2.45) is 0 Å². The van der Waals surface area contributed by atoms with E-state index in [2.05, 4.69) is 26.0 Å². The lowest BCUT2D eigenvalue weighted by Crippen LogP contribution is -2.36. The Hall–Kier alpha value is -3.66. The van der Waals surface area contributed by atoms with Gasteiger partial charge in [-0.3, -0.25) is 9.59 Å². The molecule has 10 heteroatoms. The molecule has 0 atom stereocenters. The van der Waals surface area contributed by atoms with Crippen LogP contribution in [0.3, 0.4) is 0 Å². The number of aromatic carboxylic acids is 1. The molecule has 1 heterocycles. The summed E-state index contributed by atoms with van der Waals surface area (Å²) >= 11 is 3.41. The number of urea groups is 1. The highest BCUT2D eigenvalue weighted by atomic mass is 79.9. The van der Waals surface area contributed by atoms with E-state index in [1.54, 1.807) is 30.3 Å². The number of imide groups is 1. The van der Waals surface area contributed by atoms with Crippen molar-refractivity contribution in [2.75, 3.05) is 13.7 Å². The molecule has 31 heavy (non-hydrogen) atoms. The molecule has 0 aromatic heterocycles. The second kappa shape index (κ2) is 9.43. The average Bonchev–Trinajstić information content (AvgIpc) is 3.00. The zero-order valence-electron chi connectivity index (χ0n) is 16.3. The minimum atomic E-state index is -0.995. The molecule has 0 radical (unpaired) electrons. The lowest BCUT2D eigenvalue weighted by atomic mass is 10.1. The van der Waals surface area contributed by atoms with E-state index in [1.807, 2.05) is 0 Å². The van der Waals surface area contributed by atoms with Gasteiger partial charge in [-0.15, -0.1) is 0 Å². The first kappa shape index (κ1) is 22.0. The second-order valence-corrected chi connectivity index (χ2v) is 7.29. The van der Waals surface area contributed by atoms with Crippen molar-refractivity contribution in [1.82, 2.24) is 10.2 Å². The van der Waals surface area contributed by atoms with Crippen molar-refractivity contribution in [1.29, 1.82) is 0 Å². The number of carboxylic acid groups (broad SMARTS) is 1. The van der Waals surface area contributed by atoms with Gasteiger partial charge < -0.3 is 19.9 Å². The van der Waals surface area contributed by atoms with Crippen molar-refractivity contribution in [2.45, 2.75) is 6.61 Å². The van der Waals surface area contributed by atoms with Crippen molar-refractivity contribution in [3.63, 3.8) is 0 Å². The summed E-state index contributed by atoms with van der Waals surface area (Å²) in [6.45, 7) is -0.238. The highest BCUT2D eigenvalue weighted by molar-refractivity contribution is 9.10. The van der Waals surface area contributed by atoms with Crippen molar-refractivity contribution < 1.29 is 33.8 Å². The Balaban J connectivity index is 1.68. The number of amides is 3. The summed E-state index contributed by atoms with van der Waals surface area (Å²) in [4.78, 5) is 47.3. The van der Waals surface area contributed by atoms with Gasteiger partial charge in [0, 0.05) is 0 Å². The molecule has 2 aromatic carbocycles. The molecule has 1 saturated heterocycles. The fourth-order valence-electron chi connectivity index (χ4n) is 2.70. The molecule has 1 aliphatic heterocycles. The maximum absolute atomic E-state index is 12.3. The van der Waals surface area contributed by atoms with Crippen LogP contribution in [0, 0.1) is 0 Å². The molecule has 1 aliphatic rings. The number of nitrogens with one attached hydrogen (secondary N) is 1. The van der Waals surface area contributed by atoms with E-state index in [1.165, 1.54) is 25.3 Å². The maximum atomic E-state index is 12.3. The lowest BCUT2D eigenvalue weighted by molar-refractivity contribution is -0.143. The molecular weight excluding hydrogens is 472 g/mol. The molecule has 9 nitrogen and oxygen atoms in total. The number of halogens is 1. The van der Waals surface area contributed by atoms with Crippen LogP contribution in [0.2, 0.25) is 0 Å². The number of carboxylic acids is 1. The summed E-state index contributed by atoms with van der Waals surface area (Å²) in [5.74, 6) is -1.79. The number of carbonyl (C=O) groups is 4. The molecule has 2 N–H and O–H groups in total. The van der Waals surface area contributed by atoms with Crippen LogP contribution in [-0.2, 0) is 20.9 Å². The van der Waals surface area contributed by atoms with E-state index in [0.717, 1.165) is 10.5 Å². The highest BCUT2D eigenvalue weighted by Crippen LogP contribution is 2.28. The molecule has 3 rings (SSSR count). The van der Waals surface area contributed by atoms with Gasteiger partial charge >= 0.3 is 18.0 Å². The van der Waals surface area contributed by atoms with E-state index in [0.29, 0.717) is 15.8 Å². The quantitative estimate of drug-likeness (QED) is 0.349. The van der Waals surface area contributed by atoms with Gasteiger partial charge in [0.2, 0.25) is 0 Å². The Morgan fingerprint density at radius 1 is 1.16 bits per heavy atom. The highest BCUT2D eigenvalue weighted by Gasteiger charge is 2.35. The van der Waals surface area contributed by atoms with E-state index in [9.17, 15) is 19.2 Å². The summed E-state index contributed by atoms with van der Waals surface area (Å²) < 4.78 is 10.8. The number of rotatable bonds is 7. The fraction of sp³-hybridized carbons (Fsp3) is 0.143. The molecule has 0 unspecified atom stereocenters. The summed E-state index contributed by atoms with van der Waals surface area (Å²) in [5.41, 5.74) is 1.65. The van der Waals surface area contributed by atoms with Crippen LogP contribution < -0.4 is 10.1 Å². The molecule has 0 bridgehead atoms. The predicted molar refractivity (Wildman–Crippen MR) is 112 cm³/mol. The average molecular weight is 489 g/mol. The fourth-order valence-corrected chi connectivity index (χ4v) is 3.22. The first-order valence-electron chi connectivity index (χ1n) is 8.94. The summed E-state index contributed by atoms with van der Waals surface area (Å²) in [6, 6.07) is 10.7. The third kappa shape index (κ3) is 5.28. The van der Waals surface area contributed by atoms with Crippen molar-refractivity contribution in [3.8, 4) is 5.75 Å². The Bertz CT molecular complexity index is 1080. The first-order chi connectivity index (χ1) is 14.8. The topological polar surface area (TPSA) is 122 Å². The second-order valence-electron chi connectivity index (χ2n) is 6.44. The zero-order valence-corrected chi connectivity index (χ0v) is 17.8. The molecule has 160 valence electrons. The van der Waals surface area contributed by atoms with Gasteiger partial charge in [-0.25, -0.2) is 14.5 Å². The number of esters is 1. The molecule has 0 spiro atoms. The number of ether oxygens (including phenoxy) is 2. The monoisotopic (exact) mass is 488 g/mol. The van der Waals surface area contributed by atoms with Crippen LogP contribution >= 0.6 is 15.9 Å². The van der Waals surface area contributed by atoms with Crippen LogP contribution in [0.25, 0.3) is 6.08 Å². The number of benzene rings is 2. The van der Waals surface area contributed by atoms with Gasteiger partial charge in [-0.1, -0.05) is 18.2 Å². The van der Waals surface area contributed by atoms with Crippen LogP contribution in [0.4, 0.5) is 4.79 Å². The van der Waals surface area contributed by atoms with E-state index < -0.39 is 30.4 Å². The number of hydrogen-bond donors (Lipinski definition) is 2. The Kier molecular flexibility index (Phi) is 6.71. The Morgan fingerprint density at radius 2 is 1.87 bits per heavy atom. The van der Waals surface area contributed by atoms with E-state index in [4.69, 9.17) is 9.84 Å². The van der Waals surface area contributed by atoms with Gasteiger partial charge in [0.05, 0.1) is 17.1 Å². The minimum absolute atomic E-state index is 0.0352. The predicted octanol–water partition coefficient (Wildman–Crippen LogP) is 2.79. The molecule has 0 aliphatic carbocycles. The maximum Gasteiger partial charge on any atom is 0.335 e.